The molecule has 5 heteroatoms. The third-order valence-corrected chi connectivity index (χ3v) is 3.96. The van der Waals surface area contributed by atoms with Gasteiger partial charge in [-0.05, 0) is 54.8 Å². The Morgan fingerprint density at radius 2 is 1.46 bits per heavy atom. The molecule has 0 aliphatic rings. The van der Waals surface area contributed by atoms with Gasteiger partial charge in [-0.3, -0.25) is 4.79 Å². The van der Waals surface area contributed by atoms with Crippen LogP contribution in [0.2, 0.25) is 0 Å². The fourth-order valence-corrected chi connectivity index (χ4v) is 2.61. The van der Waals surface area contributed by atoms with Crippen molar-refractivity contribution in [3.8, 4) is 17.2 Å². The van der Waals surface area contributed by atoms with Crippen LogP contribution in [0.4, 0.5) is 0 Å². The molecule has 140 valence electrons. The fourth-order valence-electron chi connectivity index (χ4n) is 2.61. The van der Waals surface area contributed by atoms with E-state index in [2.05, 4.69) is 19.2 Å². The lowest BCUT2D eigenvalue weighted by Gasteiger charge is -2.23. The van der Waals surface area contributed by atoms with Crippen molar-refractivity contribution in [1.82, 2.24) is 5.32 Å². The zero-order valence-corrected chi connectivity index (χ0v) is 15.8. The third kappa shape index (κ3) is 5.69. The molecule has 1 unspecified atom stereocenters. The minimum absolute atomic E-state index is 0.0344. The van der Waals surface area contributed by atoms with Gasteiger partial charge in [0, 0.05) is 0 Å². The van der Waals surface area contributed by atoms with E-state index in [0.717, 1.165) is 17.1 Å². The van der Waals surface area contributed by atoms with Crippen molar-refractivity contribution in [2.75, 3.05) is 20.3 Å². The van der Waals surface area contributed by atoms with Gasteiger partial charge in [-0.1, -0.05) is 26.0 Å². The Morgan fingerprint density at radius 1 is 0.923 bits per heavy atom. The number of hydrogen-bond acceptors (Lipinski definition) is 4. The van der Waals surface area contributed by atoms with E-state index in [0.29, 0.717) is 12.4 Å². The molecule has 5 nitrogen and oxygen atoms in total. The van der Waals surface area contributed by atoms with E-state index >= 15 is 0 Å². The van der Waals surface area contributed by atoms with Crippen LogP contribution in [-0.4, -0.2) is 26.2 Å². The number of nitrogens with one attached hydrogen (secondary N) is 1. The molecule has 2 aromatic rings. The van der Waals surface area contributed by atoms with E-state index in [1.54, 1.807) is 19.2 Å². The first-order chi connectivity index (χ1) is 12.5. The lowest BCUT2D eigenvalue weighted by molar-refractivity contribution is -0.124. The number of hydrogen-bond donors (Lipinski definition) is 1. The zero-order valence-electron chi connectivity index (χ0n) is 15.8. The maximum atomic E-state index is 12.3. The highest BCUT2D eigenvalue weighted by molar-refractivity contribution is 5.78. The normalized spacial score (nSPS) is 11.7. The number of ether oxygens (including phenoxy) is 3. The molecule has 0 bridgehead atoms. The van der Waals surface area contributed by atoms with Crippen LogP contribution in [-0.2, 0) is 4.79 Å². The van der Waals surface area contributed by atoms with Crippen molar-refractivity contribution in [3.05, 3.63) is 54.1 Å². The summed E-state index contributed by atoms with van der Waals surface area (Å²) in [6.07, 6.45) is 0. The molecule has 0 spiro atoms. The number of carbonyl (C=O) groups excluding carboxylic acids is 1. The van der Waals surface area contributed by atoms with E-state index in [-0.39, 0.29) is 24.5 Å². The first-order valence-corrected chi connectivity index (χ1v) is 8.82. The number of amides is 1. The Morgan fingerprint density at radius 3 is 1.96 bits per heavy atom. The minimum atomic E-state index is -0.159. The predicted molar refractivity (Wildman–Crippen MR) is 102 cm³/mol. The molecule has 0 saturated carbocycles. The molecular formula is C21H27NO4. The molecule has 0 heterocycles. The Bertz CT molecular complexity index is 680. The lowest BCUT2D eigenvalue weighted by atomic mass is 9.96. The van der Waals surface area contributed by atoms with Crippen LogP contribution in [0.25, 0.3) is 0 Å². The maximum Gasteiger partial charge on any atom is 0.258 e. The first kappa shape index (κ1) is 19.6. The van der Waals surface area contributed by atoms with Gasteiger partial charge in [0.1, 0.15) is 17.2 Å². The standard InChI is InChI=1S/C21H27NO4/c1-5-25-18-10-12-19(13-11-18)26-14-20(23)22-21(15(2)3)16-6-8-17(24-4)9-7-16/h6-13,15,21H,5,14H2,1-4H3,(H,22,23). The molecule has 2 aromatic carbocycles. The highest BCUT2D eigenvalue weighted by Crippen LogP contribution is 2.24. The van der Waals surface area contributed by atoms with E-state index in [1.165, 1.54) is 0 Å². The third-order valence-electron chi connectivity index (χ3n) is 3.96. The quantitative estimate of drug-likeness (QED) is 0.737. The van der Waals surface area contributed by atoms with Crippen LogP contribution < -0.4 is 19.5 Å². The van der Waals surface area contributed by atoms with Crippen LogP contribution in [0.5, 0.6) is 17.2 Å². The van der Waals surface area contributed by atoms with Gasteiger partial charge in [-0.25, -0.2) is 0 Å². The second-order valence-corrected chi connectivity index (χ2v) is 6.26. The molecule has 0 aliphatic heterocycles. The topological polar surface area (TPSA) is 56.8 Å². The van der Waals surface area contributed by atoms with Crippen LogP contribution in [0.1, 0.15) is 32.4 Å². The van der Waals surface area contributed by atoms with Gasteiger partial charge in [0.2, 0.25) is 0 Å². The second kappa shape index (κ2) is 9.70. The molecule has 0 aromatic heterocycles. The SMILES string of the molecule is CCOc1ccc(OCC(=O)NC(c2ccc(OC)cc2)C(C)C)cc1. The molecular weight excluding hydrogens is 330 g/mol. The summed E-state index contributed by atoms with van der Waals surface area (Å²) in [4.78, 5) is 12.3. The fraction of sp³-hybridized carbons (Fsp3) is 0.381. The predicted octanol–water partition coefficient (Wildman–Crippen LogP) is 3.99. The van der Waals surface area contributed by atoms with Crippen LogP contribution in [0.3, 0.4) is 0 Å². The zero-order chi connectivity index (χ0) is 18.9. The first-order valence-electron chi connectivity index (χ1n) is 8.82. The summed E-state index contributed by atoms with van der Waals surface area (Å²) in [6.45, 7) is 6.66. The molecule has 0 radical (unpaired) electrons. The number of rotatable bonds is 9. The van der Waals surface area contributed by atoms with Gasteiger partial charge in [-0.2, -0.15) is 0 Å². The van der Waals surface area contributed by atoms with Gasteiger partial charge in [0.05, 0.1) is 19.8 Å². The molecule has 1 N–H and O–H groups in total. The smallest absolute Gasteiger partial charge is 0.258 e. The molecule has 1 atom stereocenters. The molecule has 0 saturated heterocycles. The number of carbonyl (C=O) groups is 1. The highest BCUT2D eigenvalue weighted by Gasteiger charge is 2.18. The van der Waals surface area contributed by atoms with Gasteiger partial charge in [-0.15, -0.1) is 0 Å². The van der Waals surface area contributed by atoms with E-state index in [4.69, 9.17) is 14.2 Å². The van der Waals surface area contributed by atoms with E-state index < -0.39 is 0 Å². The van der Waals surface area contributed by atoms with E-state index in [1.807, 2.05) is 43.3 Å². The summed E-state index contributed by atoms with van der Waals surface area (Å²) in [5.41, 5.74) is 1.04. The lowest BCUT2D eigenvalue weighted by Crippen LogP contribution is -2.35. The molecule has 0 fully saturated rings. The van der Waals surface area contributed by atoms with Gasteiger partial charge in [0.25, 0.3) is 5.91 Å². The van der Waals surface area contributed by atoms with Crippen molar-refractivity contribution in [2.24, 2.45) is 5.92 Å². The Hall–Kier alpha value is -2.69. The van der Waals surface area contributed by atoms with Crippen molar-refractivity contribution in [1.29, 1.82) is 0 Å². The van der Waals surface area contributed by atoms with Gasteiger partial charge in [0.15, 0.2) is 6.61 Å². The summed E-state index contributed by atoms with van der Waals surface area (Å²) in [6, 6.07) is 14.9. The monoisotopic (exact) mass is 357 g/mol. The summed E-state index contributed by atoms with van der Waals surface area (Å²) in [7, 11) is 1.63. The minimum Gasteiger partial charge on any atom is -0.497 e. The number of methoxy groups -OCH3 is 1. The second-order valence-electron chi connectivity index (χ2n) is 6.26. The molecule has 26 heavy (non-hydrogen) atoms. The molecule has 2 rings (SSSR count). The Kier molecular flexibility index (Phi) is 7.33. The Labute approximate surface area is 155 Å². The molecule has 1 amide bonds. The van der Waals surface area contributed by atoms with Crippen molar-refractivity contribution < 1.29 is 19.0 Å². The highest BCUT2D eigenvalue weighted by atomic mass is 16.5. The summed E-state index contributed by atoms with van der Waals surface area (Å²) >= 11 is 0. The van der Waals surface area contributed by atoms with Crippen LogP contribution in [0.15, 0.2) is 48.5 Å². The van der Waals surface area contributed by atoms with Crippen molar-refractivity contribution in [2.45, 2.75) is 26.8 Å². The average molecular weight is 357 g/mol. The summed E-state index contributed by atoms with van der Waals surface area (Å²) < 4.78 is 16.1. The summed E-state index contributed by atoms with van der Waals surface area (Å²) in [5.74, 6) is 2.30. The Balaban J connectivity index is 1.92. The van der Waals surface area contributed by atoms with Gasteiger partial charge >= 0.3 is 0 Å². The van der Waals surface area contributed by atoms with Crippen LogP contribution >= 0.6 is 0 Å². The number of benzene rings is 2. The maximum absolute atomic E-state index is 12.3. The molecule has 0 aliphatic carbocycles. The average Bonchev–Trinajstić information content (AvgIpc) is 2.66. The van der Waals surface area contributed by atoms with Crippen molar-refractivity contribution in [3.63, 3.8) is 0 Å². The largest absolute Gasteiger partial charge is 0.497 e. The van der Waals surface area contributed by atoms with Crippen LogP contribution in [0, 0.1) is 5.92 Å². The van der Waals surface area contributed by atoms with Gasteiger partial charge < -0.3 is 19.5 Å². The van der Waals surface area contributed by atoms with Crippen molar-refractivity contribution >= 4 is 5.91 Å². The summed E-state index contributed by atoms with van der Waals surface area (Å²) in [5, 5.41) is 3.04. The van der Waals surface area contributed by atoms with E-state index in [9.17, 15) is 4.79 Å².